The molecule has 0 saturated heterocycles. The molecule has 0 fully saturated rings. The molecule has 0 radical (unpaired) electrons. The van der Waals surface area contributed by atoms with E-state index in [9.17, 15) is 14.4 Å². The molecular formula is C17H22N4O4S. The van der Waals surface area contributed by atoms with Crippen molar-refractivity contribution in [1.29, 1.82) is 0 Å². The van der Waals surface area contributed by atoms with Gasteiger partial charge in [-0.2, -0.15) is 0 Å². The number of nitrogens with one attached hydrogen (secondary N) is 2. The number of likely N-dealkylation sites (N-methyl/N-ethyl adjacent to an activating group) is 1. The average Bonchev–Trinajstić information content (AvgIpc) is 3.11. The molecule has 9 heteroatoms. The molecule has 0 spiro atoms. The SMILES string of the molecule is CCCc1cc(=O)[nH]c(SCC(=O)N(C)CC(=O)NCc2ccco2)n1. The average molecular weight is 378 g/mol. The maximum atomic E-state index is 12.2. The fourth-order valence-corrected chi connectivity index (χ4v) is 2.97. The van der Waals surface area contributed by atoms with Crippen LogP contribution >= 0.6 is 11.8 Å². The first-order valence-electron chi connectivity index (χ1n) is 8.24. The number of amides is 2. The van der Waals surface area contributed by atoms with E-state index in [1.54, 1.807) is 19.2 Å². The summed E-state index contributed by atoms with van der Waals surface area (Å²) in [5.41, 5.74) is 0.473. The Morgan fingerprint density at radius 1 is 1.42 bits per heavy atom. The van der Waals surface area contributed by atoms with Gasteiger partial charge in [-0.15, -0.1) is 0 Å². The number of rotatable bonds is 9. The lowest BCUT2D eigenvalue weighted by Gasteiger charge is -2.16. The number of carbonyl (C=O) groups is 2. The Labute approximate surface area is 155 Å². The van der Waals surface area contributed by atoms with E-state index in [4.69, 9.17) is 4.42 Å². The lowest BCUT2D eigenvalue weighted by atomic mass is 10.2. The van der Waals surface area contributed by atoms with Crippen LogP contribution in [0.3, 0.4) is 0 Å². The van der Waals surface area contributed by atoms with Gasteiger partial charge in [-0.1, -0.05) is 25.1 Å². The highest BCUT2D eigenvalue weighted by atomic mass is 32.2. The summed E-state index contributed by atoms with van der Waals surface area (Å²) in [7, 11) is 1.55. The first-order chi connectivity index (χ1) is 12.5. The molecule has 0 aromatic carbocycles. The van der Waals surface area contributed by atoms with Crippen LogP contribution in [0, 0.1) is 0 Å². The van der Waals surface area contributed by atoms with Gasteiger partial charge in [0.2, 0.25) is 11.8 Å². The second-order valence-electron chi connectivity index (χ2n) is 5.69. The van der Waals surface area contributed by atoms with E-state index in [0.29, 0.717) is 23.0 Å². The van der Waals surface area contributed by atoms with Crippen LogP contribution in [0.15, 0.2) is 38.8 Å². The summed E-state index contributed by atoms with van der Waals surface area (Å²) in [5, 5.41) is 3.09. The predicted octanol–water partition coefficient (Wildman–Crippen LogP) is 1.18. The van der Waals surface area contributed by atoms with Crippen molar-refractivity contribution in [2.75, 3.05) is 19.3 Å². The summed E-state index contributed by atoms with van der Waals surface area (Å²) in [6, 6.07) is 4.96. The van der Waals surface area contributed by atoms with Crippen molar-refractivity contribution in [2.45, 2.75) is 31.5 Å². The number of aryl methyl sites for hydroxylation is 1. The Balaban J connectivity index is 1.79. The zero-order chi connectivity index (χ0) is 18.9. The van der Waals surface area contributed by atoms with E-state index < -0.39 is 0 Å². The summed E-state index contributed by atoms with van der Waals surface area (Å²) in [5.74, 6) is 0.218. The summed E-state index contributed by atoms with van der Waals surface area (Å²) < 4.78 is 5.13. The second-order valence-corrected chi connectivity index (χ2v) is 6.65. The van der Waals surface area contributed by atoms with Crippen LogP contribution in [0.4, 0.5) is 0 Å². The second kappa shape index (κ2) is 9.81. The molecular weight excluding hydrogens is 356 g/mol. The van der Waals surface area contributed by atoms with Crippen molar-refractivity contribution in [3.8, 4) is 0 Å². The number of thioether (sulfide) groups is 1. The smallest absolute Gasteiger partial charge is 0.251 e. The summed E-state index contributed by atoms with van der Waals surface area (Å²) >= 11 is 1.14. The highest BCUT2D eigenvalue weighted by Crippen LogP contribution is 2.12. The monoisotopic (exact) mass is 378 g/mol. The topological polar surface area (TPSA) is 108 Å². The lowest BCUT2D eigenvalue weighted by Crippen LogP contribution is -2.38. The van der Waals surface area contributed by atoms with Gasteiger partial charge in [-0.3, -0.25) is 14.4 Å². The quantitative estimate of drug-likeness (QED) is 0.501. The van der Waals surface area contributed by atoms with Crippen LogP contribution in [-0.2, 0) is 22.6 Å². The first-order valence-corrected chi connectivity index (χ1v) is 9.22. The Hall–Kier alpha value is -2.55. The van der Waals surface area contributed by atoms with Crippen molar-refractivity contribution in [3.63, 3.8) is 0 Å². The fraction of sp³-hybridized carbons (Fsp3) is 0.412. The van der Waals surface area contributed by atoms with Crippen LogP contribution in [0.2, 0.25) is 0 Å². The molecule has 2 heterocycles. The normalized spacial score (nSPS) is 10.5. The Morgan fingerprint density at radius 3 is 2.92 bits per heavy atom. The van der Waals surface area contributed by atoms with Crippen LogP contribution in [-0.4, -0.2) is 46.0 Å². The zero-order valence-electron chi connectivity index (χ0n) is 14.8. The molecule has 8 nitrogen and oxygen atoms in total. The predicted molar refractivity (Wildman–Crippen MR) is 97.8 cm³/mol. The molecule has 140 valence electrons. The number of carbonyl (C=O) groups excluding carboxylic acids is 2. The van der Waals surface area contributed by atoms with Gasteiger partial charge in [0.25, 0.3) is 5.56 Å². The molecule has 0 saturated carbocycles. The summed E-state index contributed by atoms with van der Waals surface area (Å²) in [6.07, 6.45) is 3.12. The van der Waals surface area contributed by atoms with Crippen molar-refractivity contribution in [1.82, 2.24) is 20.2 Å². The molecule has 2 rings (SSSR count). The largest absolute Gasteiger partial charge is 0.467 e. The minimum atomic E-state index is -0.279. The van der Waals surface area contributed by atoms with E-state index in [2.05, 4.69) is 15.3 Å². The molecule has 0 atom stereocenters. The highest BCUT2D eigenvalue weighted by molar-refractivity contribution is 7.99. The molecule has 2 aromatic heterocycles. The van der Waals surface area contributed by atoms with Crippen molar-refractivity contribution in [3.05, 3.63) is 46.3 Å². The van der Waals surface area contributed by atoms with E-state index in [1.807, 2.05) is 6.92 Å². The minimum Gasteiger partial charge on any atom is -0.467 e. The van der Waals surface area contributed by atoms with Gasteiger partial charge in [0.05, 0.1) is 25.1 Å². The highest BCUT2D eigenvalue weighted by Gasteiger charge is 2.14. The first kappa shape index (κ1) is 19.8. The third kappa shape index (κ3) is 6.40. The van der Waals surface area contributed by atoms with E-state index in [-0.39, 0.29) is 36.2 Å². The fourth-order valence-electron chi connectivity index (χ4n) is 2.13. The molecule has 0 bridgehead atoms. The molecule has 2 N–H and O–H groups in total. The number of aromatic nitrogens is 2. The van der Waals surface area contributed by atoms with E-state index >= 15 is 0 Å². The summed E-state index contributed by atoms with van der Waals surface area (Å²) in [6.45, 7) is 2.23. The molecule has 0 aliphatic rings. The standard InChI is InChI=1S/C17H22N4O4S/c1-3-5-12-8-14(22)20-17(19-12)26-11-16(24)21(2)10-15(23)18-9-13-6-4-7-25-13/h4,6-8H,3,5,9-11H2,1-2H3,(H,18,23)(H,19,20,22). The van der Waals surface area contributed by atoms with Crippen molar-refractivity contribution >= 4 is 23.6 Å². The van der Waals surface area contributed by atoms with Crippen LogP contribution in [0.25, 0.3) is 0 Å². The number of furan rings is 1. The van der Waals surface area contributed by atoms with Crippen molar-refractivity contribution < 1.29 is 14.0 Å². The van der Waals surface area contributed by atoms with E-state index in [0.717, 1.165) is 18.2 Å². The minimum absolute atomic E-state index is 0.0556. The van der Waals surface area contributed by atoms with Gasteiger partial charge in [-0.25, -0.2) is 4.98 Å². The zero-order valence-corrected chi connectivity index (χ0v) is 15.6. The van der Waals surface area contributed by atoms with Gasteiger partial charge in [0.15, 0.2) is 5.16 Å². The Bertz CT molecular complexity index is 788. The molecule has 2 amide bonds. The van der Waals surface area contributed by atoms with E-state index in [1.165, 1.54) is 17.2 Å². The summed E-state index contributed by atoms with van der Waals surface area (Å²) in [4.78, 5) is 43.9. The van der Waals surface area contributed by atoms with Crippen LogP contribution in [0.1, 0.15) is 24.8 Å². The van der Waals surface area contributed by atoms with Gasteiger partial charge in [0.1, 0.15) is 5.76 Å². The molecule has 2 aromatic rings. The molecule has 0 aliphatic carbocycles. The van der Waals surface area contributed by atoms with Gasteiger partial charge >= 0.3 is 0 Å². The van der Waals surface area contributed by atoms with Gasteiger partial charge in [-0.05, 0) is 18.6 Å². The molecule has 26 heavy (non-hydrogen) atoms. The van der Waals surface area contributed by atoms with Gasteiger partial charge in [0, 0.05) is 18.8 Å². The number of aromatic amines is 1. The Kier molecular flexibility index (Phi) is 7.46. The number of nitrogens with zero attached hydrogens (tertiary/aromatic N) is 2. The van der Waals surface area contributed by atoms with Crippen molar-refractivity contribution in [2.24, 2.45) is 0 Å². The van der Waals surface area contributed by atoms with Crippen LogP contribution < -0.4 is 10.9 Å². The number of hydrogen-bond acceptors (Lipinski definition) is 6. The maximum absolute atomic E-state index is 12.2. The number of hydrogen-bond donors (Lipinski definition) is 2. The third-order valence-corrected chi connectivity index (χ3v) is 4.32. The molecule has 0 unspecified atom stereocenters. The van der Waals surface area contributed by atoms with Gasteiger partial charge < -0.3 is 19.6 Å². The maximum Gasteiger partial charge on any atom is 0.251 e. The lowest BCUT2D eigenvalue weighted by molar-refractivity contribution is -0.132. The Morgan fingerprint density at radius 2 is 2.23 bits per heavy atom. The molecule has 0 aliphatic heterocycles. The third-order valence-electron chi connectivity index (χ3n) is 3.46. The number of H-pyrrole nitrogens is 1. The van der Waals surface area contributed by atoms with Crippen LogP contribution in [0.5, 0.6) is 0 Å².